The molecule has 2 aliphatic heterocycles. The quantitative estimate of drug-likeness (QED) is 0.322. The van der Waals surface area contributed by atoms with Crippen LogP contribution in [0.3, 0.4) is 0 Å². The average molecular weight is 410 g/mol. The van der Waals surface area contributed by atoms with E-state index in [-0.39, 0.29) is 29.5 Å². The third-order valence-electron chi connectivity index (χ3n) is 4.09. The van der Waals surface area contributed by atoms with Gasteiger partial charge in [0.1, 0.15) is 5.70 Å². The molecular formula is C13H18N2O9S2. The lowest BCUT2D eigenvalue weighted by atomic mass is 9.83. The Balaban J connectivity index is 2.17. The molecule has 0 aromatic rings. The Hall–Kier alpha value is -1.83. The first-order valence-electron chi connectivity index (χ1n) is 7.52. The van der Waals surface area contributed by atoms with Crippen LogP contribution in [0.1, 0.15) is 20.3 Å². The van der Waals surface area contributed by atoms with Gasteiger partial charge in [-0.1, -0.05) is 0 Å². The van der Waals surface area contributed by atoms with Gasteiger partial charge in [0.05, 0.1) is 28.9 Å². The molecule has 0 radical (unpaired) electrons. The summed E-state index contributed by atoms with van der Waals surface area (Å²) in [6.45, 7) is 2.62. The van der Waals surface area contributed by atoms with Crippen molar-refractivity contribution >= 4 is 39.0 Å². The maximum Gasteiger partial charge on any atom is 0.397 e. The molecule has 26 heavy (non-hydrogen) atoms. The van der Waals surface area contributed by atoms with Crippen molar-refractivity contribution in [3.63, 3.8) is 0 Å². The summed E-state index contributed by atoms with van der Waals surface area (Å²) >= 11 is 0. The van der Waals surface area contributed by atoms with Gasteiger partial charge in [0.15, 0.2) is 0 Å². The number of amides is 2. The molecule has 146 valence electrons. The first-order chi connectivity index (χ1) is 11.9. The minimum absolute atomic E-state index is 0.0239. The van der Waals surface area contributed by atoms with Crippen molar-refractivity contribution in [2.24, 2.45) is 5.92 Å². The number of carbonyl (C=O) groups excluding carboxylic acids is 2. The van der Waals surface area contributed by atoms with Gasteiger partial charge >= 0.3 is 16.4 Å². The third-order valence-corrected chi connectivity index (χ3v) is 6.12. The molecule has 0 aliphatic carbocycles. The lowest BCUT2D eigenvalue weighted by molar-refractivity contribution is -0.160. The summed E-state index contributed by atoms with van der Waals surface area (Å²) in [5.74, 6) is -3.45. The number of fused-ring (bicyclic) bond motifs is 1. The molecule has 2 amide bonds. The van der Waals surface area contributed by atoms with Crippen molar-refractivity contribution < 1.29 is 40.9 Å². The summed E-state index contributed by atoms with van der Waals surface area (Å²) < 4.78 is 47.2. The smallest absolute Gasteiger partial charge is 0.397 e. The number of β-lactam (4-membered cyclic amide) rings is 1. The molecule has 1 unspecified atom stereocenters. The van der Waals surface area contributed by atoms with Crippen molar-refractivity contribution in [1.82, 2.24) is 10.2 Å². The summed E-state index contributed by atoms with van der Waals surface area (Å²) in [5.41, 5.74) is -0.392. The van der Waals surface area contributed by atoms with Crippen LogP contribution in [0.2, 0.25) is 0 Å². The van der Waals surface area contributed by atoms with Crippen LogP contribution in [-0.2, 0) is 39.8 Å². The van der Waals surface area contributed by atoms with Crippen LogP contribution in [0.5, 0.6) is 0 Å². The van der Waals surface area contributed by atoms with Crippen molar-refractivity contribution in [3.05, 3.63) is 10.6 Å². The maximum absolute atomic E-state index is 12.4. The predicted octanol–water partition coefficient (Wildman–Crippen LogP) is -1.39. The van der Waals surface area contributed by atoms with Crippen molar-refractivity contribution in [2.45, 2.75) is 32.4 Å². The minimum atomic E-state index is -4.78. The fourth-order valence-electron chi connectivity index (χ4n) is 3.11. The summed E-state index contributed by atoms with van der Waals surface area (Å²) in [5, 5.41) is 11.8. The van der Waals surface area contributed by atoms with Crippen LogP contribution in [-0.4, -0.2) is 69.4 Å². The lowest BCUT2D eigenvalue weighted by Crippen LogP contribution is -2.62. The van der Waals surface area contributed by atoms with E-state index in [1.54, 1.807) is 0 Å². The molecule has 11 nitrogen and oxygen atoms in total. The van der Waals surface area contributed by atoms with Crippen molar-refractivity contribution in [3.8, 4) is 0 Å². The number of nitrogens with zero attached hydrogens (tertiary/aromatic N) is 1. The summed E-state index contributed by atoms with van der Waals surface area (Å²) in [6, 6.07) is -0.718. The maximum atomic E-state index is 12.4. The molecule has 0 spiro atoms. The van der Waals surface area contributed by atoms with Crippen LogP contribution in [0.4, 0.5) is 0 Å². The Morgan fingerprint density at radius 2 is 2.08 bits per heavy atom. The van der Waals surface area contributed by atoms with Crippen molar-refractivity contribution in [1.29, 1.82) is 0 Å². The number of rotatable bonds is 8. The fraction of sp³-hybridized carbons (Fsp3) is 0.615. The molecule has 2 heterocycles. The molecule has 0 aromatic heterocycles. The normalized spacial score (nSPS) is 24.7. The van der Waals surface area contributed by atoms with Gasteiger partial charge < -0.3 is 15.3 Å². The second-order valence-corrected chi connectivity index (χ2v) is 8.48. The zero-order chi connectivity index (χ0) is 19.8. The van der Waals surface area contributed by atoms with E-state index in [0.29, 0.717) is 0 Å². The molecule has 2 aliphatic rings. The highest BCUT2D eigenvalue weighted by atomic mass is 32.3. The van der Waals surface area contributed by atoms with Gasteiger partial charge in [-0.15, -0.1) is 0 Å². The third kappa shape index (κ3) is 4.11. The highest BCUT2D eigenvalue weighted by Crippen LogP contribution is 2.45. The van der Waals surface area contributed by atoms with E-state index in [9.17, 15) is 32.1 Å². The molecule has 1 saturated heterocycles. The van der Waals surface area contributed by atoms with Gasteiger partial charge in [0, 0.05) is 30.5 Å². The zero-order valence-electron chi connectivity index (χ0n) is 13.9. The Labute approximate surface area is 151 Å². The Morgan fingerprint density at radius 3 is 2.58 bits per heavy atom. The number of nitrogens with one attached hydrogen (secondary N) is 1. The van der Waals surface area contributed by atoms with Crippen LogP contribution < -0.4 is 5.32 Å². The van der Waals surface area contributed by atoms with E-state index < -0.39 is 56.8 Å². The standard InChI is InChI=1S/C13H18N2O9S2/c1-6(24-26(21,22)23)10-8-5-9(25(20)4-3-14-7(2)16)11(13(18)19)15(8)12(10)17/h6,8,10H,3-5H2,1-2H3,(H,14,16)(H,18,19)(H,21,22,23)/t6-,8+,10-,25?/m0/s1. The van der Waals surface area contributed by atoms with E-state index in [2.05, 4.69) is 9.50 Å². The van der Waals surface area contributed by atoms with E-state index in [0.717, 1.165) is 4.90 Å². The van der Waals surface area contributed by atoms with Crippen LogP contribution >= 0.6 is 0 Å². The Morgan fingerprint density at radius 1 is 1.46 bits per heavy atom. The van der Waals surface area contributed by atoms with Crippen LogP contribution in [0, 0.1) is 5.92 Å². The van der Waals surface area contributed by atoms with Gasteiger partial charge in [0.25, 0.3) is 0 Å². The number of hydrogen-bond donors (Lipinski definition) is 3. The number of carboxylic acid groups (broad SMARTS) is 1. The topological polar surface area (TPSA) is 167 Å². The SMILES string of the molecule is CC(=O)NCCS(=O)C1=C(C(=O)O)N2C(=O)[C@@H]([C@H](C)OS(=O)(=O)O)[C@H]2C1. The molecule has 0 saturated carbocycles. The van der Waals surface area contributed by atoms with Gasteiger partial charge in [0.2, 0.25) is 11.8 Å². The minimum Gasteiger partial charge on any atom is -0.477 e. The second kappa shape index (κ2) is 7.42. The molecule has 2 rings (SSSR count). The van der Waals surface area contributed by atoms with Crippen LogP contribution in [0.25, 0.3) is 0 Å². The molecule has 4 atom stereocenters. The molecule has 1 fully saturated rings. The molecule has 0 aromatic carbocycles. The first-order valence-corrected chi connectivity index (χ1v) is 10.2. The zero-order valence-corrected chi connectivity index (χ0v) is 15.5. The van der Waals surface area contributed by atoms with E-state index in [1.807, 2.05) is 0 Å². The van der Waals surface area contributed by atoms with Gasteiger partial charge in [-0.05, 0) is 6.92 Å². The number of aliphatic carboxylic acids is 1. The Kier molecular flexibility index (Phi) is 5.85. The van der Waals surface area contributed by atoms with Gasteiger partial charge in [-0.3, -0.25) is 18.4 Å². The number of carbonyl (C=O) groups is 3. The van der Waals surface area contributed by atoms with Crippen LogP contribution in [0.15, 0.2) is 10.6 Å². The summed E-state index contributed by atoms with van der Waals surface area (Å²) in [4.78, 5) is 35.6. The van der Waals surface area contributed by atoms with E-state index in [4.69, 9.17) is 4.55 Å². The lowest BCUT2D eigenvalue weighted by Gasteiger charge is -2.45. The highest BCUT2D eigenvalue weighted by Gasteiger charge is 2.58. The molecule has 3 N–H and O–H groups in total. The molecular weight excluding hydrogens is 392 g/mol. The summed E-state index contributed by atoms with van der Waals surface area (Å²) in [7, 11) is -6.52. The van der Waals surface area contributed by atoms with Gasteiger partial charge in [-0.25, -0.2) is 8.98 Å². The Bertz CT molecular complexity index is 804. The number of hydrogen-bond acceptors (Lipinski definition) is 7. The predicted molar refractivity (Wildman–Crippen MR) is 87.2 cm³/mol. The number of carboxylic acids is 1. The van der Waals surface area contributed by atoms with E-state index in [1.165, 1.54) is 13.8 Å². The average Bonchev–Trinajstić information content (AvgIpc) is 2.80. The highest BCUT2D eigenvalue weighted by molar-refractivity contribution is 7.89. The monoisotopic (exact) mass is 410 g/mol. The van der Waals surface area contributed by atoms with Crippen molar-refractivity contribution in [2.75, 3.05) is 12.3 Å². The fourth-order valence-corrected chi connectivity index (χ4v) is 4.91. The largest absolute Gasteiger partial charge is 0.477 e. The molecule has 0 bridgehead atoms. The molecule has 13 heteroatoms. The second-order valence-electron chi connectivity index (χ2n) is 5.84. The van der Waals surface area contributed by atoms with Gasteiger partial charge in [-0.2, -0.15) is 8.42 Å². The summed E-state index contributed by atoms with van der Waals surface area (Å²) in [6.07, 6.45) is -1.23. The van der Waals surface area contributed by atoms with E-state index >= 15 is 0 Å². The first kappa shape index (κ1) is 20.5.